The fourth-order valence-corrected chi connectivity index (χ4v) is 3.46. The second-order valence-corrected chi connectivity index (χ2v) is 5.81. The first kappa shape index (κ1) is 13.3. The molecule has 1 fully saturated rings. The van der Waals surface area contributed by atoms with Crippen molar-refractivity contribution in [1.82, 2.24) is 4.90 Å². The first-order valence-electron chi connectivity index (χ1n) is 6.41. The fourth-order valence-electron chi connectivity index (χ4n) is 2.24. The van der Waals surface area contributed by atoms with E-state index < -0.39 is 0 Å². The van der Waals surface area contributed by atoms with Crippen LogP contribution in [0, 0.1) is 5.92 Å². The summed E-state index contributed by atoms with van der Waals surface area (Å²) < 4.78 is 0. The lowest BCUT2D eigenvalue weighted by Gasteiger charge is -2.24. The molecule has 1 aliphatic rings. The van der Waals surface area contributed by atoms with Crippen LogP contribution in [0.25, 0.3) is 0 Å². The highest BCUT2D eigenvalue weighted by Crippen LogP contribution is 2.25. The number of amides is 1. The van der Waals surface area contributed by atoms with E-state index in [1.165, 1.54) is 0 Å². The number of hydrogen-bond donors (Lipinski definition) is 1. The Balaban J connectivity index is 2.02. The monoisotopic (exact) mass is 264 g/mol. The van der Waals surface area contributed by atoms with Gasteiger partial charge >= 0.3 is 0 Å². The molecule has 18 heavy (non-hydrogen) atoms. The summed E-state index contributed by atoms with van der Waals surface area (Å²) in [6.45, 7) is 3.46. The maximum Gasteiger partial charge on any atom is 0.226 e. The van der Waals surface area contributed by atoms with Gasteiger partial charge < -0.3 is 10.6 Å². The SMILES string of the molecule is CCN(Cc1cccc(N)c1)C(=O)C1CCSC1. The average Bonchev–Trinajstić information content (AvgIpc) is 2.89. The highest BCUT2D eigenvalue weighted by molar-refractivity contribution is 7.99. The average molecular weight is 264 g/mol. The van der Waals surface area contributed by atoms with E-state index in [1.807, 2.05) is 47.9 Å². The minimum atomic E-state index is 0.219. The van der Waals surface area contributed by atoms with Gasteiger partial charge in [-0.25, -0.2) is 0 Å². The normalized spacial score (nSPS) is 18.8. The third kappa shape index (κ3) is 3.19. The number of hydrogen-bond acceptors (Lipinski definition) is 3. The Morgan fingerprint density at radius 1 is 1.56 bits per heavy atom. The van der Waals surface area contributed by atoms with Gasteiger partial charge in [0.05, 0.1) is 0 Å². The first-order chi connectivity index (χ1) is 8.70. The van der Waals surface area contributed by atoms with Crippen molar-refractivity contribution >= 4 is 23.4 Å². The molecule has 1 aromatic carbocycles. The second kappa shape index (κ2) is 6.14. The van der Waals surface area contributed by atoms with Crippen LogP contribution >= 0.6 is 11.8 Å². The van der Waals surface area contributed by atoms with Crippen LogP contribution in [0.5, 0.6) is 0 Å². The third-order valence-electron chi connectivity index (χ3n) is 3.30. The molecule has 0 radical (unpaired) electrons. The molecule has 1 aromatic rings. The number of carbonyl (C=O) groups excluding carboxylic acids is 1. The minimum Gasteiger partial charge on any atom is -0.399 e. The molecule has 1 unspecified atom stereocenters. The molecule has 3 nitrogen and oxygen atoms in total. The van der Waals surface area contributed by atoms with E-state index in [0.717, 1.165) is 35.7 Å². The summed E-state index contributed by atoms with van der Waals surface area (Å²) in [4.78, 5) is 14.3. The van der Waals surface area contributed by atoms with Crippen LogP contribution in [0.3, 0.4) is 0 Å². The van der Waals surface area contributed by atoms with E-state index in [2.05, 4.69) is 0 Å². The van der Waals surface area contributed by atoms with Gasteiger partial charge in [0, 0.05) is 30.4 Å². The van der Waals surface area contributed by atoms with Gasteiger partial charge in [0.15, 0.2) is 0 Å². The molecule has 1 atom stereocenters. The Hall–Kier alpha value is -1.16. The second-order valence-electron chi connectivity index (χ2n) is 4.66. The van der Waals surface area contributed by atoms with Crippen LogP contribution in [0.1, 0.15) is 18.9 Å². The number of nitrogen functional groups attached to an aromatic ring is 1. The molecule has 1 aliphatic heterocycles. The van der Waals surface area contributed by atoms with Gasteiger partial charge in [-0.15, -0.1) is 0 Å². The van der Waals surface area contributed by atoms with Gasteiger partial charge in [-0.1, -0.05) is 12.1 Å². The fraction of sp³-hybridized carbons (Fsp3) is 0.500. The Morgan fingerprint density at radius 2 is 2.39 bits per heavy atom. The number of nitrogens with zero attached hydrogens (tertiary/aromatic N) is 1. The van der Waals surface area contributed by atoms with Crippen LogP contribution in [0.2, 0.25) is 0 Å². The molecular formula is C14H20N2OS. The molecular weight excluding hydrogens is 244 g/mol. The first-order valence-corrected chi connectivity index (χ1v) is 7.57. The molecule has 4 heteroatoms. The molecule has 1 amide bonds. The predicted octanol–water partition coefficient (Wildman–Crippen LogP) is 2.37. The molecule has 0 bridgehead atoms. The largest absolute Gasteiger partial charge is 0.399 e. The van der Waals surface area contributed by atoms with Crippen LogP contribution in [-0.4, -0.2) is 28.9 Å². The minimum absolute atomic E-state index is 0.219. The number of benzene rings is 1. The summed E-state index contributed by atoms with van der Waals surface area (Å²) in [7, 11) is 0. The van der Waals surface area contributed by atoms with Crippen molar-refractivity contribution in [3.05, 3.63) is 29.8 Å². The van der Waals surface area contributed by atoms with Crippen LogP contribution in [-0.2, 0) is 11.3 Å². The summed E-state index contributed by atoms with van der Waals surface area (Å²) in [5, 5.41) is 0. The molecule has 0 aromatic heterocycles. The van der Waals surface area contributed by atoms with Gasteiger partial charge in [0.25, 0.3) is 0 Å². The molecule has 2 rings (SSSR count). The number of thioether (sulfide) groups is 1. The van der Waals surface area contributed by atoms with Gasteiger partial charge in [0.2, 0.25) is 5.91 Å². The summed E-state index contributed by atoms with van der Waals surface area (Å²) in [6.07, 6.45) is 1.02. The van der Waals surface area contributed by atoms with Crippen molar-refractivity contribution in [1.29, 1.82) is 0 Å². The van der Waals surface area contributed by atoms with Crippen LogP contribution < -0.4 is 5.73 Å². The van der Waals surface area contributed by atoms with Crippen LogP contribution in [0.15, 0.2) is 24.3 Å². The van der Waals surface area contributed by atoms with E-state index in [0.29, 0.717) is 12.5 Å². The lowest BCUT2D eigenvalue weighted by Crippen LogP contribution is -2.35. The Labute approximate surface area is 113 Å². The number of anilines is 1. The van der Waals surface area contributed by atoms with E-state index in [1.54, 1.807) is 0 Å². The Morgan fingerprint density at radius 3 is 3.00 bits per heavy atom. The quantitative estimate of drug-likeness (QED) is 0.849. The summed E-state index contributed by atoms with van der Waals surface area (Å²) in [6, 6.07) is 7.78. The summed E-state index contributed by atoms with van der Waals surface area (Å²) >= 11 is 1.88. The number of nitrogens with two attached hydrogens (primary N) is 1. The zero-order valence-electron chi connectivity index (χ0n) is 10.8. The van der Waals surface area contributed by atoms with Crippen molar-refractivity contribution in [2.75, 3.05) is 23.8 Å². The van der Waals surface area contributed by atoms with Gasteiger partial charge in [0.1, 0.15) is 0 Å². The number of rotatable bonds is 4. The Bertz CT molecular complexity index is 416. The highest BCUT2D eigenvalue weighted by atomic mass is 32.2. The van der Waals surface area contributed by atoms with E-state index in [-0.39, 0.29) is 5.92 Å². The molecule has 0 saturated carbocycles. The van der Waals surface area contributed by atoms with Crippen molar-refractivity contribution in [2.24, 2.45) is 5.92 Å². The van der Waals surface area contributed by atoms with E-state index in [4.69, 9.17) is 5.73 Å². The zero-order chi connectivity index (χ0) is 13.0. The molecule has 1 heterocycles. The van der Waals surface area contributed by atoms with Crippen LogP contribution in [0.4, 0.5) is 5.69 Å². The maximum absolute atomic E-state index is 12.3. The van der Waals surface area contributed by atoms with Crippen molar-refractivity contribution in [3.63, 3.8) is 0 Å². The topological polar surface area (TPSA) is 46.3 Å². The van der Waals surface area contributed by atoms with Crippen molar-refractivity contribution < 1.29 is 4.79 Å². The van der Waals surface area contributed by atoms with Crippen molar-refractivity contribution in [3.8, 4) is 0 Å². The smallest absolute Gasteiger partial charge is 0.226 e. The highest BCUT2D eigenvalue weighted by Gasteiger charge is 2.26. The van der Waals surface area contributed by atoms with Crippen molar-refractivity contribution in [2.45, 2.75) is 19.9 Å². The third-order valence-corrected chi connectivity index (χ3v) is 4.46. The van der Waals surface area contributed by atoms with E-state index in [9.17, 15) is 4.79 Å². The number of carbonyl (C=O) groups is 1. The molecule has 0 aliphatic carbocycles. The Kier molecular flexibility index (Phi) is 4.53. The lowest BCUT2D eigenvalue weighted by molar-refractivity contribution is -0.135. The molecule has 0 spiro atoms. The molecule has 2 N–H and O–H groups in total. The zero-order valence-corrected chi connectivity index (χ0v) is 11.6. The molecule has 98 valence electrons. The maximum atomic E-state index is 12.3. The van der Waals surface area contributed by atoms with E-state index >= 15 is 0 Å². The molecule has 1 saturated heterocycles. The lowest BCUT2D eigenvalue weighted by atomic mass is 10.1. The van der Waals surface area contributed by atoms with Gasteiger partial charge in [-0.2, -0.15) is 11.8 Å². The predicted molar refractivity (Wildman–Crippen MR) is 77.4 cm³/mol. The van der Waals surface area contributed by atoms with Gasteiger partial charge in [-0.3, -0.25) is 4.79 Å². The summed E-state index contributed by atoms with van der Waals surface area (Å²) in [5.41, 5.74) is 7.63. The summed E-state index contributed by atoms with van der Waals surface area (Å²) in [5.74, 6) is 2.61. The van der Waals surface area contributed by atoms with Gasteiger partial charge in [-0.05, 0) is 36.8 Å². The standard InChI is InChI=1S/C14H20N2OS/c1-2-16(14(17)12-6-7-18-10-12)9-11-4-3-5-13(15)8-11/h3-5,8,12H,2,6-7,9-10,15H2,1H3.